The Kier molecular flexibility index (Phi) is 6.52. The fourth-order valence-corrected chi connectivity index (χ4v) is 1.59. The molecule has 1 rings (SSSR count). The Balaban J connectivity index is 2.65. The van der Waals surface area contributed by atoms with Gasteiger partial charge in [0.15, 0.2) is 0 Å². The number of amides is 2. The molecular formula is C14H21N3O3. The molecule has 6 heteroatoms. The van der Waals surface area contributed by atoms with Gasteiger partial charge in [0.05, 0.1) is 18.7 Å². The van der Waals surface area contributed by atoms with E-state index in [1.54, 1.807) is 24.3 Å². The Hall–Kier alpha value is -2.08. The van der Waals surface area contributed by atoms with Crippen molar-refractivity contribution < 1.29 is 14.3 Å². The zero-order valence-electron chi connectivity index (χ0n) is 11.6. The van der Waals surface area contributed by atoms with Crippen molar-refractivity contribution in [3.63, 3.8) is 0 Å². The summed E-state index contributed by atoms with van der Waals surface area (Å²) in [7, 11) is 0. The zero-order chi connectivity index (χ0) is 15.0. The molecule has 0 fully saturated rings. The van der Waals surface area contributed by atoms with Crippen LogP contribution in [0, 0.1) is 5.92 Å². The van der Waals surface area contributed by atoms with Crippen LogP contribution in [-0.4, -0.2) is 25.0 Å². The molecule has 1 unspecified atom stereocenters. The minimum absolute atomic E-state index is 0.110. The smallest absolute Gasteiger partial charge is 0.227 e. The second-order valence-corrected chi connectivity index (χ2v) is 4.53. The molecule has 5 N–H and O–H groups in total. The highest BCUT2D eigenvalue weighted by Crippen LogP contribution is 2.24. The maximum atomic E-state index is 11.9. The molecule has 0 aromatic heterocycles. The number of ether oxygens (including phenoxy) is 1. The summed E-state index contributed by atoms with van der Waals surface area (Å²) in [5.41, 5.74) is 11.1. The van der Waals surface area contributed by atoms with Crippen LogP contribution in [0.15, 0.2) is 24.3 Å². The van der Waals surface area contributed by atoms with E-state index in [0.29, 0.717) is 24.4 Å². The van der Waals surface area contributed by atoms with E-state index in [2.05, 4.69) is 5.32 Å². The van der Waals surface area contributed by atoms with E-state index in [9.17, 15) is 9.59 Å². The van der Waals surface area contributed by atoms with Crippen molar-refractivity contribution >= 4 is 17.5 Å². The third-order valence-corrected chi connectivity index (χ3v) is 2.80. The third kappa shape index (κ3) is 5.27. The second-order valence-electron chi connectivity index (χ2n) is 4.53. The molecular weight excluding hydrogens is 258 g/mol. The first-order valence-electron chi connectivity index (χ1n) is 6.55. The van der Waals surface area contributed by atoms with Gasteiger partial charge >= 0.3 is 0 Å². The van der Waals surface area contributed by atoms with Crippen molar-refractivity contribution in [3.05, 3.63) is 24.3 Å². The second kappa shape index (κ2) is 8.16. The Labute approximate surface area is 118 Å². The Bertz CT molecular complexity index is 463. The summed E-state index contributed by atoms with van der Waals surface area (Å²) in [5, 5.41) is 2.80. The molecule has 0 aliphatic rings. The van der Waals surface area contributed by atoms with Crippen molar-refractivity contribution in [1.29, 1.82) is 0 Å². The normalized spacial score (nSPS) is 11.7. The molecule has 110 valence electrons. The van der Waals surface area contributed by atoms with Crippen LogP contribution in [0.4, 0.5) is 5.69 Å². The highest BCUT2D eigenvalue weighted by atomic mass is 16.5. The Morgan fingerprint density at radius 1 is 1.35 bits per heavy atom. The van der Waals surface area contributed by atoms with E-state index < -0.39 is 5.91 Å². The van der Waals surface area contributed by atoms with Gasteiger partial charge in [-0.1, -0.05) is 19.1 Å². The van der Waals surface area contributed by atoms with Crippen LogP contribution in [0.3, 0.4) is 0 Å². The summed E-state index contributed by atoms with van der Waals surface area (Å²) >= 11 is 0. The van der Waals surface area contributed by atoms with Crippen LogP contribution in [0.25, 0.3) is 0 Å². The minimum Gasteiger partial charge on any atom is -0.491 e. The molecule has 6 nitrogen and oxygen atoms in total. The van der Waals surface area contributed by atoms with Crippen molar-refractivity contribution in [3.8, 4) is 5.75 Å². The first-order chi connectivity index (χ1) is 9.54. The fourth-order valence-electron chi connectivity index (χ4n) is 1.59. The number of anilines is 1. The number of nitrogens with one attached hydrogen (secondary N) is 1. The molecule has 0 saturated carbocycles. The molecule has 0 aliphatic heterocycles. The monoisotopic (exact) mass is 279 g/mol. The predicted octanol–water partition coefficient (Wildman–Crippen LogP) is 0.864. The number of carbonyl (C=O) groups is 2. The molecule has 0 bridgehead atoms. The van der Waals surface area contributed by atoms with E-state index in [4.69, 9.17) is 16.2 Å². The summed E-state index contributed by atoms with van der Waals surface area (Å²) in [6.07, 6.45) is 0.752. The quantitative estimate of drug-likeness (QED) is 0.656. The largest absolute Gasteiger partial charge is 0.491 e. The number of benzene rings is 1. The van der Waals surface area contributed by atoms with Gasteiger partial charge in [0.2, 0.25) is 11.8 Å². The van der Waals surface area contributed by atoms with Crippen molar-refractivity contribution in [2.75, 3.05) is 18.5 Å². The first kappa shape index (κ1) is 16.0. The van der Waals surface area contributed by atoms with Crippen LogP contribution >= 0.6 is 0 Å². The zero-order valence-corrected chi connectivity index (χ0v) is 11.6. The number of hydrogen-bond donors (Lipinski definition) is 3. The number of hydrogen-bond acceptors (Lipinski definition) is 4. The maximum Gasteiger partial charge on any atom is 0.227 e. The lowest BCUT2D eigenvalue weighted by molar-refractivity contribution is -0.120. The van der Waals surface area contributed by atoms with E-state index in [-0.39, 0.29) is 24.9 Å². The fraction of sp³-hybridized carbons (Fsp3) is 0.429. The third-order valence-electron chi connectivity index (χ3n) is 2.80. The van der Waals surface area contributed by atoms with Gasteiger partial charge in [-0.3, -0.25) is 9.59 Å². The van der Waals surface area contributed by atoms with Crippen molar-refractivity contribution in [2.24, 2.45) is 17.4 Å². The predicted molar refractivity (Wildman–Crippen MR) is 77.2 cm³/mol. The van der Waals surface area contributed by atoms with E-state index >= 15 is 0 Å². The van der Waals surface area contributed by atoms with Crippen molar-refractivity contribution in [2.45, 2.75) is 19.8 Å². The van der Waals surface area contributed by atoms with Crippen LogP contribution < -0.4 is 21.5 Å². The maximum absolute atomic E-state index is 11.9. The summed E-state index contributed by atoms with van der Waals surface area (Å²) in [4.78, 5) is 22.6. The minimum atomic E-state index is -0.428. The number of nitrogens with two attached hydrogens (primary N) is 2. The van der Waals surface area contributed by atoms with Crippen molar-refractivity contribution in [1.82, 2.24) is 0 Å². The summed E-state index contributed by atoms with van der Waals surface area (Å²) in [5.74, 6) is -0.190. The topological polar surface area (TPSA) is 107 Å². The van der Waals surface area contributed by atoms with Gasteiger partial charge < -0.3 is 21.5 Å². The molecule has 0 spiro atoms. The molecule has 0 heterocycles. The first-order valence-corrected chi connectivity index (χ1v) is 6.55. The van der Waals surface area contributed by atoms with Gasteiger partial charge in [0.1, 0.15) is 5.75 Å². The van der Waals surface area contributed by atoms with E-state index in [1.165, 1.54) is 0 Å². The Morgan fingerprint density at radius 3 is 2.70 bits per heavy atom. The van der Waals surface area contributed by atoms with E-state index in [0.717, 1.165) is 0 Å². The van der Waals surface area contributed by atoms with Gasteiger partial charge in [-0.15, -0.1) is 0 Å². The van der Waals surface area contributed by atoms with Gasteiger partial charge in [0, 0.05) is 5.92 Å². The molecule has 0 aliphatic carbocycles. The lowest BCUT2D eigenvalue weighted by Gasteiger charge is -2.14. The summed E-state index contributed by atoms with van der Waals surface area (Å²) in [6.45, 7) is 2.46. The summed E-state index contributed by atoms with van der Waals surface area (Å²) in [6, 6.07) is 7.06. The SMILES string of the molecule is CC(CCN)C(=O)Nc1ccccc1OCCC(N)=O. The number of para-hydroxylation sites is 2. The summed E-state index contributed by atoms with van der Waals surface area (Å²) < 4.78 is 5.45. The highest BCUT2D eigenvalue weighted by Gasteiger charge is 2.14. The van der Waals surface area contributed by atoms with Gasteiger partial charge in [0.25, 0.3) is 0 Å². The molecule has 0 radical (unpaired) electrons. The van der Waals surface area contributed by atoms with Crippen LogP contribution in [0.5, 0.6) is 5.75 Å². The van der Waals surface area contributed by atoms with Crippen LogP contribution in [0.2, 0.25) is 0 Å². The molecule has 1 atom stereocenters. The molecule has 20 heavy (non-hydrogen) atoms. The average molecular weight is 279 g/mol. The van der Waals surface area contributed by atoms with Gasteiger partial charge in [-0.05, 0) is 25.1 Å². The Morgan fingerprint density at radius 2 is 2.05 bits per heavy atom. The molecule has 1 aromatic carbocycles. The lowest BCUT2D eigenvalue weighted by Crippen LogP contribution is -2.23. The van der Waals surface area contributed by atoms with Gasteiger partial charge in [-0.25, -0.2) is 0 Å². The molecule has 0 saturated heterocycles. The molecule has 2 amide bonds. The number of carbonyl (C=O) groups excluding carboxylic acids is 2. The number of rotatable bonds is 8. The highest BCUT2D eigenvalue weighted by molar-refractivity contribution is 5.93. The lowest BCUT2D eigenvalue weighted by atomic mass is 10.1. The van der Waals surface area contributed by atoms with Crippen LogP contribution in [-0.2, 0) is 9.59 Å². The van der Waals surface area contributed by atoms with E-state index in [1.807, 2.05) is 6.92 Å². The standard InChI is InChI=1S/C14H21N3O3/c1-10(6-8-15)14(19)17-11-4-2-3-5-12(11)20-9-7-13(16)18/h2-5,10H,6-9,15H2,1H3,(H2,16,18)(H,17,19). The number of primary amides is 1. The van der Waals surface area contributed by atoms with Crippen LogP contribution in [0.1, 0.15) is 19.8 Å². The average Bonchev–Trinajstić information content (AvgIpc) is 2.40. The van der Waals surface area contributed by atoms with Gasteiger partial charge in [-0.2, -0.15) is 0 Å². The molecule has 1 aromatic rings.